The van der Waals surface area contributed by atoms with Crippen LogP contribution in [0.3, 0.4) is 0 Å². The second-order valence-corrected chi connectivity index (χ2v) is 7.97. The van der Waals surface area contributed by atoms with Crippen LogP contribution in [0.15, 0.2) is 33.4 Å². The lowest BCUT2D eigenvalue weighted by atomic mass is 10.0. The van der Waals surface area contributed by atoms with Crippen LogP contribution in [0.4, 0.5) is 5.69 Å². The van der Waals surface area contributed by atoms with Gasteiger partial charge in [0.2, 0.25) is 0 Å². The molecule has 114 valence electrons. The molecule has 0 amide bonds. The smallest absolute Gasteiger partial charge is 0.0701 e. The van der Waals surface area contributed by atoms with Crippen molar-refractivity contribution >= 4 is 44.6 Å². The fourth-order valence-electron chi connectivity index (χ4n) is 2.22. The van der Waals surface area contributed by atoms with Crippen molar-refractivity contribution in [3.63, 3.8) is 0 Å². The molecular formula is C16H20BrClN2S. The van der Waals surface area contributed by atoms with Gasteiger partial charge in [0, 0.05) is 19.6 Å². The summed E-state index contributed by atoms with van der Waals surface area (Å²) in [5.41, 5.74) is 9.53. The molecule has 0 saturated carbocycles. The van der Waals surface area contributed by atoms with E-state index in [0.717, 1.165) is 33.9 Å². The molecule has 0 spiro atoms. The summed E-state index contributed by atoms with van der Waals surface area (Å²) in [6, 6.07) is 8.58. The molecule has 2 nitrogen and oxygen atoms in total. The highest BCUT2D eigenvalue weighted by Crippen LogP contribution is 2.29. The summed E-state index contributed by atoms with van der Waals surface area (Å²) >= 11 is 11.6. The number of hydrogen-bond donors (Lipinski definition) is 1. The lowest BCUT2D eigenvalue weighted by molar-refractivity contribution is 0.646. The van der Waals surface area contributed by atoms with Crippen LogP contribution in [-0.4, -0.2) is 13.1 Å². The van der Waals surface area contributed by atoms with E-state index in [0.29, 0.717) is 0 Å². The summed E-state index contributed by atoms with van der Waals surface area (Å²) in [5, 5.41) is 2.94. The molecule has 2 aromatic rings. The van der Waals surface area contributed by atoms with E-state index < -0.39 is 0 Å². The molecule has 0 bridgehead atoms. The zero-order valence-corrected chi connectivity index (χ0v) is 15.4. The monoisotopic (exact) mass is 386 g/mol. The highest BCUT2D eigenvalue weighted by atomic mass is 79.9. The number of nitrogens with zero attached hydrogens (tertiary/aromatic N) is 1. The lowest BCUT2D eigenvalue weighted by Crippen LogP contribution is -2.21. The van der Waals surface area contributed by atoms with Crippen molar-refractivity contribution in [2.24, 2.45) is 5.73 Å². The van der Waals surface area contributed by atoms with Crippen LogP contribution in [0, 0.1) is 0 Å². The highest BCUT2D eigenvalue weighted by Gasteiger charge is 2.10. The van der Waals surface area contributed by atoms with Gasteiger partial charge in [-0.15, -0.1) is 11.3 Å². The first-order valence-electron chi connectivity index (χ1n) is 6.97. The van der Waals surface area contributed by atoms with Crippen LogP contribution >= 0.6 is 38.9 Å². The van der Waals surface area contributed by atoms with Gasteiger partial charge in [-0.3, -0.25) is 0 Å². The molecule has 2 rings (SSSR count). The van der Waals surface area contributed by atoms with Crippen molar-refractivity contribution in [2.45, 2.75) is 32.4 Å². The van der Waals surface area contributed by atoms with Crippen molar-refractivity contribution in [3.05, 3.63) is 49.6 Å². The first-order valence-corrected chi connectivity index (χ1v) is 9.02. The maximum absolute atomic E-state index is 6.43. The average molecular weight is 388 g/mol. The SMILES string of the molecule is CCC(N)Cc1ccc(N(C)Cc2csc(Br)c2)c(Cl)c1. The maximum atomic E-state index is 6.43. The molecule has 21 heavy (non-hydrogen) atoms. The second kappa shape index (κ2) is 7.63. The fourth-order valence-corrected chi connectivity index (χ4v) is 3.77. The zero-order chi connectivity index (χ0) is 15.4. The van der Waals surface area contributed by atoms with E-state index in [9.17, 15) is 0 Å². The number of benzene rings is 1. The van der Waals surface area contributed by atoms with E-state index in [2.05, 4.69) is 58.4 Å². The van der Waals surface area contributed by atoms with Gasteiger partial charge in [-0.25, -0.2) is 0 Å². The van der Waals surface area contributed by atoms with Crippen molar-refractivity contribution in [1.29, 1.82) is 0 Å². The Morgan fingerprint density at radius 1 is 1.33 bits per heavy atom. The van der Waals surface area contributed by atoms with Gasteiger partial charge in [-0.1, -0.05) is 24.6 Å². The molecule has 1 atom stereocenters. The summed E-state index contributed by atoms with van der Waals surface area (Å²) in [7, 11) is 2.06. The lowest BCUT2D eigenvalue weighted by Gasteiger charge is -2.21. The maximum Gasteiger partial charge on any atom is 0.0701 e. The molecule has 1 unspecified atom stereocenters. The fraction of sp³-hybridized carbons (Fsp3) is 0.375. The molecule has 5 heteroatoms. The Bertz CT molecular complexity index is 600. The number of rotatable bonds is 6. The van der Waals surface area contributed by atoms with Crippen LogP contribution in [0.1, 0.15) is 24.5 Å². The second-order valence-electron chi connectivity index (χ2n) is 5.27. The van der Waals surface area contributed by atoms with Gasteiger partial charge in [0.15, 0.2) is 0 Å². The van der Waals surface area contributed by atoms with E-state index in [1.54, 1.807) is 11.3 Å². The van der Waals surface area contributed by atoms with Gasteiger partial charge in [0.05, 0.1) is 14.5 Å². The Balaban J connectivity index is 2.09. The number of anilines is 1. The summed E-state index contributed by atoms with van der Waals surface area (Å²) in [5.74, 6) is 0. The summed E-state index contributed by atoms with van der Waals surface area (Å²) in [6.07, 6.45) is 1.85. The molecule has 0 aliphatic rings. The van der Waals surface area contributed by atoms with Gasteiger partial charge in [0.1, 0.15) is 0 Å². The van der Waals surface area contributed by atoms with E-state index >= 15 is 0 Å². The zero-order valence-electron chi connectivity index (χ0n) is 12.3. The minimum atomic E-state index is 0.202. The van der Waals surface area contributed by atoms with Crippen molar-refractivity contribution in [2.75, 3.05) is 11.9 Å². The predicted octanol–water partition coefficient (Wildman–Crippen LogP) is 5.08. The predicted molar refractivity (Wildman–Crippen MR) is 97.5 cm³/mol. The molecule has 0 aliphatic carbocycles. The Labute approximate surface area is 144 Å². The van der Waals surface area contributed by atoms with Crippen LogP contribution in [-0.2, 0) is 13.0 Å². The molecule has 1 aromatic heterocycles. The Morgan fingerprint density at radius 2 is 2.10 bits per heavy atom. The van der Waals surface area contributed by atoms with Gasteiger partial charge >= 0.3 is 0 Å². The topological polar surface area (TPSA) is 29.3 Å². The quantitative estimate of drug-likeness (QED) is 0.749. The highest BCUT2D eigenvalue weighted by molar-refractivity contribution is 9.11. The molecule has 0 radical (unpaired) electrons. The van der Waals surface area contributed by atoms with Gasteiger partial charge in [0.25, 0.3) is 0 Å². The van der Waals surface area contributed by atoms with Crippen LogP contribution in [0.2, 0.25) is 5.02 Å². The van der Waals surface area contributed by atoms with Gasteiger partial charge in [-0.2, -0.15) is 0 Å². The standard InChI is InChI=1S/C16H20BrClN2S/c1-3-13(19)6-11-4-5-15(14(18)7-11)20(2)9-12-8-16(17)21-10-12/h4-5,7-8,10,13H,3,6,9,19H2,1-2H3. The van der Waals surface area contributed by atoms with Crippen LogP contribution in [0.25, 0.3) is 0 Å². The number of hydrogen-bond acceptors (Lipinski definition) is 3. The molecular weight excluding hydrogens is 368 g/mol. The Kier molecular flexibility index (Phi) is 6.11. The third kappa shape index (κ3) is 4.71. The first kappa shape index (κ1) is 16.8. The summed E-state index contributed by atoms with van der Waals surface area (Å²) < 4.78 is 1.15. The largest absolute Gasteiger partial charge is 0.369 e. The minimum Gasteiger partial charge on any atom is -0.369 e. The number of nitrogens with two attached hydrogens (primary N) is 1. The van der Waals surface area contributed by atoms with Crippen molar-refractivity contribution in [3.8, 4) is 0 Å². The summed E-state index contributed by atoms with van der Waals surface area (Å²) in [4.78, 5) is 2.17. The third-order valence-corrected chi connectivity index (χ3v) is 5.34. The van der Waals surface area contributed by atoms with Crippen LogP contribution < -0.4 is 10.6 Å². The van der Waals surface area contributed by atoms with E-state index in [-0.39, 0.29) is 6.04 Å². The van der Waals surface area contributed by atoms with E-state index in [4.69, 9.17) is 17.3 Å². The minimum absolute atomic E-state index is 0.202. The molecule has 0 saturated heterocycles. The molecule has 0 aliphatic heterocycles. The Hall–Kier alpha value is -0.550. The molecule has 1 aromatic carbocycles. The molecule has 2 N–H and O–H groups in total. The summed E-state index contributed by atoms with van der Waals surface area (Å²) in [6.45, 7) is 2.95. The van der Waals surface area contributed by atoms with Crippen LogP contribution in [0.5, 0.6) is 0 Å². The van der Waals surface area contributed by atoms with Gasteiger partial charge in [-0.05, 0) is 63.5 Å². The average Bonchev–Trinajstić information content (AvgIpc) is 2.83. The van der Waals surface area contributed by atoms with Crippen molar-refractivity contribution < 1.29 is 0 Å². The first-order chi connectivity index (χ1) is 9.99. The van der Waals surface area contributed by atoms with E-state index in [1.807, 2.05) is 6.07 Å². The van der Waals surface area contributed by atoms with Gasteiger partial charge < -0.3 is 10.6 Å². The van der Waals surface area contributed by atoms with Crippen molar-refractivity contribution in [1.82, 2.24) is 0 Å². The molecule has 0 fully saturated rings. The van der Waals surface area contributed by atoms with E-state index in [1.165, 1.54) is 11.1 Å². The third-order valence-electron chi connectivity index (χ3n) is 3.49. The Morgan fingerprint density at radius 3 is 2.67 bits per heavy atom. The normalized spacial score (nSPS) is 12.4. The number of halogens is 2. The molecule has 1 heterocycles. The number of thiophene rings is 1.